The molecule has 0 bridgehead atoms. The number of aryl methyl sites for hydroxylation is 4. The van der Waals surface area contributed by atoms with E-state index in [1.165, 1.54) is 83.1 Å². The van der Waals surface area contributed by atoms with Crippen LogP contribution in [0.4, 0.5) is 0 Å². The summed E-state index contributed by atoms with van der Waals surface area (Å²) in [6.45, 7) is 8.94. The summed E-state index contributed by atoms with van der Waals surface area (Å²) >= 11 is 0. The van der Waals surface area contributed by atoms with E-state index < -0.39 is 5.41 Å². The van der Waals surface area contributed by atoms with Gasteiger partial charge in [-0.25, -0.2) is 0 Å². The number of rotatable bonds is 3. The lowest BCUT2D eigenvalue weighted by Gasteiger charge is -2.43. The molecule has 6 aromatic carbocycles. The van der Waals surface area contributed by atoms with Crippen molar-refractivity contribution in [2.75, 3.05) is 0 Å². The van der Waals surface area contributed by atoms with Gasteiger partial charge in [-0.2, -0.15) is 0 Å². The molecule has 1 unspecified atom stereocenters. The van der Waals surface area contributed by atoms with Crippen molar-refractivity contribution < 1.29 is 0 Å². The standard InChI is InChI=1S/C41H33N/c1-26-22-27(2)24-31(23-26)30-21-20-29(4)37(25-30)41(34-15-7-5-12-28(34)3)35-16-8-10-19-39(35)42-38-18-9-6-13-32(38)33-14-11-17-36(41)40(33)42/h5-25H,1-4H3. The second kappa shape index (κ2) is 9.06. The molecule has 8 rings (SSSR count). The Hall–Kier alpha value is -4.88. The largest absolute Gasteiger partial charge is 0.309 e. The van der Waals surface area contributed by atoms with Crippen molar-refractivity contribution >= 4 is 21.8 Å². The normalized spacial score (nSPS) is 15.7. The predicted octanol–water partition coefficient (Wildman–Crippen LogP) is 10.4. The monoisotopic (exact) mass is 539 g/mol. The lowest BCUT2D eigenvalue weighted by molar-refractivity contribution is 0.716. The Morgan fingerprint density at radius 2 is 1.10 bits per heavy atom. The molecule has 1 aromatic heterocycles. The number of aromatic nitrogens is 1. The van der Waals surface area contributed by atoms with Crippen LogP contribution in [-0.2, 0) is 5.41 Å². The Bertz CT molecular complexity index is 2170. The van der Waals surface area contributed by atoms with Crippen LogP contribution in [0.2, 0.25) is 0 Å². The van der Waals surface area contributed by atoms with E-state index >= 15 is 0 Å². The summed E-state index contributed by atoms with van der Waals surface area (Å²) in [6.07, 6.45) is 0. The number of hydrogen-bond acceptors (Lipinski definition) is 0. The van der Waals surface area contributed by atoms with Crippen molar-refractivity contribution in [2.45, 2.75) is 33.1 Å². The molecule has 0 spiro atoms. The van der Waals surface area contributed by atoms with Crippen molar-refractivity contribution in [1.82, 2.24) is 4.57 Å². The maximum atomic E-state index is 2.51. The summed E-state index contributed by atoms with van der Waals surface area (Å²) in [7, 11) is 0. The van der Waals surface area contributed by atoms with Gasteiger partial charge < -0.3 is 4.57 Å². The molecule has 1 atom stereocenters. The van der Waals surface area contributed by atoms with Gasteiger partial charge in [0.25, 0.3) is 0 Å². The van der Waals surface area contributed by atoms with Crippen molar-refractivity contribution in [2.24, 2.45) is 0 Å². The maximum Gasteiger partial charge on any atom is 0.0747 e. The van der Waals surface area contributed by atoms with Gasteiger partial charge in [0.1, 0.15) is 0 Å². The molecule has 7 aromatic rings. The minimum Gasteiger partial charge on any atom is -0.309 e. The molecule has 1 nitrogen and oxygen atoms in total. The van der Waals surface area contributed by atoms with Gasteiger partial charge >= 0.3 is 0 Å². The second-order valence-corrected chi connectivity index (χ2v) is 12.0. The molecule has 1 aliphatic heterocycles. The highest BCUT2D eigenvalue weighted by Crippen LogP contribution is 2.55. The average molecular weight is 540 g/mol. The molecule has 202 valence electrons. The van der Waals surface area contributed by atoms with Crippen LogP contribution < -0.4 is 0 Å². The van der Waals surface area contributed by atoms with Crippen molar-refractivity contribution in [3.05, 3.63) is 172 Å². The molecule has 0 aliphatic carbocycles. The summed E-state index contributed by atoms with van der Waals surface area (Å²) in [6, 6.07) is 47.9. The number of para-hydroxylation sites is 3. The van der Waals surface area contributed by atoms with E-state index in [9.17, 15) is 0 Å². The van der Waals surface area contributed by atoms with Crippen molar-refractivity contribution in [1.29, 1.82) is 0 Å². The smallest absolute Gasteiger partial charge is 0.0747 e. The van der Waals surface area contributed by atoms with Gasteiger partial charge in [0.2, 0.25) is 0 Å². The molecule has 2 heterocycles. The van der Waals surface area contributed by atoms with E-state index in [2.05, 4.69) is 160 Å². The molecule has 0 radical (unpaired) electrons. The molecule has 0 saturated heterocycles. The van der Waals surface area contributed by atoms with Crippen LogP contribution in [0, 0.1) is 27.7 Å². The maximum absolute atomic E-state index is 2.51. The first-order chi connectivity index (χ1) is 20.5. The highest BCUT2D eigenvalue weighted by atomic mass is 15.0. The van der Waals surface area contributed by atoms with E-state index in [4.69, 9.17) is 0 Å². The first-order valence-corrected chi connectivity index (χ1v) is 14.9. The van der Waals surface area contributed by atoms with Gasteiger partial charge in [0.05, 0.1) is 22.1 Å². The molecular weight excluding hydrogens is 506 g/mol. The summed E-state index contributed by atoms with van der Waals surface area (Å²) in [5, 5.41) is 2.60. The number of nitrogens with zero attached hydrogens (tertiary/aromatic N) is 1. The van der Waals surface area contributed by atoms with E-state index in [1.807, 2.05) is 0 Å². The minimum atomic E-state index is -0.495. The molecule has 0 saturated carbocycles. The first-order valence-electron chi connectivity index (χ1n) is 14.9. The van der Waals surface area contributed by atoms with Gasteiger partial charge in [-0.05, 0) is 90.4 Å². The third-order valence-electron chi connectivity index (χ3n) is 9.39. The summed E-state index contributed by atoms with van der Waals surface area (Å²) in [5.41, 5.74) is 16.3. The third kappa shape index (κ3) is 3.31. The topological polar surface area (TPSA) is 4.93 Å². The Kier molecular flexibility index (Phi) is 5.37. The van der Waals surface area contributed by atoms with Gasteiger partial charge in [-0.3, -0.25) is 0 Å². The highest BCUT2D eigenvalue weighted by molar-refractivity contribution is 6.12. The zero-order valence-corrected chi connectivity index (χ0v) is 24.6. The minimum absolute atomic E-state index is 0.495. The third-order valence-corrected chi connectivity index (χ3v) is 9.39. The second-order valence-electron chi connectivity index (χ2n) is 12.0. The van der Waals surface area contributed by atoms with Crippen LogP contribution in [0.3, 0.4) is 0 Å². The fourth-order valence-corrected chi connectivity index (χ4v) is 7.77. The highest BCUT2D eigenvalue weighted by Gasteiger charge is 2.46. The van der Waals surface area contributed by atoms with Gasteiger partial charge in [0, 0.05) is 10.8 Å². The Morgan fingerprint density at radius 3 is 1.90 bits per heavy atom. The summed E-state index contributed by atoms with van der Waals surface area (Å²) < 4.78 is 2.51. The van der Waals surface area contributed by atoms with Crippen LogP contribution in [0.15, 0.2) is 127 Å². The lowest BCUT2D eigenvalue weighted by Crippen LogP contribution is -2.36. The molecule has 1 heteroatoms. The Labute approximate surface area is 247 Å². The number of benzene rings is 6. The number of hydrogen-bond donors (Lipinski definition) is 0. The van der Waals surface area contributed by atoms with Crippen molar-refractivity contribution in [3.63, 3.8) is 0 Å². The van der Waals surface area contributed by atoms with Crippen LogP contribution in [0.5, 0.6) is 0 Å². The molecule has 1 aliphatic rings. The predicted molar refractivity (Wildman–Crippen MR) is 177 cm³/mol. The van der Waals surface area contributed by atoms with E-state index in [-0.39, 0.29) is 0 Å². The molecule has 0 fully saturated rings. The van der Waals surface area contributed by atoms with Crippen LogP contribution in [-0.4, -0.2) is 4.57 Å². The van der Waals surface area contributed by atoms with Gasteiger partial charge in [-0.1, -0.05) is 120 Å². The van der Waals surface area contributed by atoms with Crippen molar-refractivity contribution in [3.8, 4) is 16.8 Å². The van der Waals surface area contributed by atoms with Gasteiger partial charge in [-0.15, -0.1) is 0 Å². The van der Waals surface area contributed by atoms with E-state index in [1.54, 1.807) is 0 Å². The Morgan fingerprint density at radius 1 is 0.452 bits per heavy atom. The quantitative estimate of drug-likeness (QED) is 0.210. The van der Waals surface area contributed by atoms with Crippen LogP contribution >= 0.6 is 0 Å². The van der Waals surface area contributed by atoms with E-state index in [0.29, 0.717) is 0 Å². The fourth-order valence-electron chi connectivity index (χ4n) is 7.77. The SMILES string of the molecule is Cc1cc(C)cc(-c2ccc(C)c(C3(c4ccccc4C)c4ccccc4-n4c5ccccc5c5cccc3c54)c2)c1. The Balaban J connectivity index is 1.60. The van der Waals surface area contributed by atoms with Gasteiger partial charge in [0.15, 0.2) is 0 Å². The first kappa shape index (κ1) is 24.9. The molecular formula is C41H33N. The fraction of sp³-hybridized carbons (Fsp3) is 0.122. The molecule has 0 amide bonds. The van der Waals surface area contributed by atoms with Crippen LogP contribution in [0.1, 0.15) is 44.5 Å². The van der Waals surface area contributed by atoms with Crippen LogP contribution in [0.25, 0.3) is 38.6 Å². The zero-order valence-electron chi connectivity index (χ0n) is 24.6. The summed E-state index contributed by atoms with van der Waals surface area (Å²) in [4.78, 5) is 0. The van der Waals surface area contributed by atoms with E-state index in [0.717, 1.165) is 0 Å². The molecule has 0 N–H and O–H groups in total. The average Bonchev–Trinajstić information content (AvgIpc) is 3.34. The summed E-state index contributed by atoms with van der Waals surface area (Å²) in [5.74, 6) is 0. The number of fused-ring (bicyclic) bond motifs is 5. The molecule has 42 heavy (non-hydrogen) atoms. The zero-order chi connectivity index (χ0) is 28.6. The lowest BCUT2D eigenvalue weighted by atomic mass is 9.61.